The summed E-state index contributed by atoms with van der Waals surface area (Å²) in [6, 6.07) is 0.940. The summed E-state index contributed by atoms with van der Waals surface area (Å²) in [6.45, 7) is -0.148. The van der Waals surface area contributed by atoms with Gasteiger partial charge in [-0.1, -0.05) is 0 Å². The molecule has 0 aromatic rings. The quantitative estimate of drug-likeness (QED) is 0.408. The van der Waals surface area contributed by atoms with Crippen LogP contribution in [0.25, 0.3) is 0 Å². The highest BCUT2D eigenvalue weighted by Crippen LogP contribution is 1.98. The van der Waals surface area contributed by atoms with Crippen molar-refractivity contribution in [2.45, 2.75) is 6.04 Å². The van der Waals surface area contributed by atoms with Crippen LogP contribution in [0.1, 0.15) is 0 Å². The summed E-state index contributed by atoms with van der Waals surface area (Å²) < 4.78 is 0. The summed E-state index contributed by atoms with van der Waals surface area (Å²) in [5.41, 5.74) is 0. The second kappa shape index (κ2) is 9.07. The molecule has 18 heavy (non-hydrogen) atoms. The van der Waals surface area contributed by atoms with Crippen molar-refractivity contribution in [3.05, 3.63) is 12.2 Å². The molecular weight excluding hydrogens is 258 g/mol. The van der Waals surface area contributed by atoms with E-state index in [1.54, 1.807) is 12.3 Å². The Morgan fingerprint density at radius 1 is 1.44 bits per heavy atom. The highest BCUT2D eigenvalue weighted by Gasteiger charge is 2.18. The minimum atomic E-state index is -1.25. The van der Waals surface area contributed by atoms with Gasteiger partial charge >= 0.3 is 5.97 Å². The average Bonchev–Trinajstić information content (AvgIpc) is 2.32. The number of carboxylic acids is 1. The molecule has 8 heteroatoms. The summed E-state index contributed by atoms with van der Waals surface area (Å²) >= 11 is 1.34. The molecule has 0 spiro atoms. The monoisotopic (exact) mass is 271 g/mol. The molecule has 0 aromatic carbocycles. The van der Waals surface area contributed by atoms with Crippen molar-refractivity contribution in [3.8, 4) is 6.07 Å². The number of nitriles is 1. The second-order valence-electron chi connectivity index (χ2n) is 3.06. The Bertz CT molecular complexity index is 389. The average molecular weight is 271 g/mol. The minimum Gasteiger partial charge on any atom is -0.478 e. The smallest absolute Gasteiger partial charge is 0.328 e. The first-order chi connectivity index (χ1) is 8.51. The van der Waals surface area contributed by atoms with Crippen LogP contribution in [0.2, 0.25) is 0 Å². The van der Waals surface area contributed by atoms with E-state index >= 15 is 0 Å². The Kier molecular flexibility index (Phi) is 8.05. The number of aliphatic carboxylic acids is 1. The lowest BCUT2D eigenvalue weighted by Gasteiger charge is -2.15. The maximum Gasteiger partial charge on any atom is 0.328 e. The molecule has 0 aliphatic carbocycles. The number of carboxylic acid groups (broad SMARTS) is 1. The van der Waals surface area contributed by atoms with Crippen molar-refractivity contribution < 1.29 is 19.5 Å². The lowest BCUT2D eigenvalue weighted by molar-refractivity contribution is -0.131. The van der Waals surface area contributed by atoms with Gasteiger partial charge in [-0.15, -0.1) is 0 Å². The maximum atomic E-state index is 11.5. The molecule has 0 saturated heterocycles. The predicted octanol–water partition coefficient (Wildman–Crippen LogP) is -0.885. The van der Waals surface area contributed by atoms with Gasteiger partial charge in [-0.3, -0.25) is 9.59 Å². The predicted molar refractivity (Wildman–Crippen MR) is 65.7 cm³/mol. The van der Waals surface area contributed by atoms with Gasteiger partial charge in [-0.2, -0.15) is 17.0 Å². The van der Waals surface area contributed by atoms with E-state index in [1.165, 1.54) is 11.8 Å². The number of hydrogen-bond acceptors (Lipinski definition) is 5. The molecule has 3 N–H and O–H groups in total. The molecule has 0 fully saturated rings. The molecule has 0 aliphatic rings. The zero-order valence-electron chi connectivity index (χ0n) is 9.67. The van der Waals surface area contributed by atoms with E-state index in [4.69, 9.17) is 10.4 Å². The standard InChI is InChI=1S/C10H13N3O4S/c1-18-6-7(10(17)12-5-4-11)13-8(14)2-3-9(15)16/h2-3,7H,5-6H2,1H3,(H,12,17)(H,13,14)(H,15,16). The van der Waals surface area contributed by atoms with E-state index in [-0.39, 0.29) is 6.54 Å². The van der Waals surface area contributed by atoms with E-state index in [0.717, 1.165) is 6.08 Å². The van der Waals surface area contributed by atoms with Crippen molar-refractivity contribution in [1.82, 2.24) is 10.6 Å². The summed E-state index contributed by atoms with van der Waals surface area (Å²) in [7, 11) is 0. The van der Waals surface area contributed by atoms with Crippen molar-refractivity contribution in [3.63, 3.8) is 0 Å². The number of amides is 2. The number of nitrogens with one attached hydrogen (secondary N) is 2. The van der Waals surface area contributed by atoms with Crippen LogP contribution < -0.4 is 10.6 Å². The number of nitrogens with zero attached hydrogens (tertiary/aromatic N) is 1. The van der Waals surface area contributed by atoms with E-state index < -0.39 is 23.8 Å². The third kappa shape index (κ3) is 7.29. The van der Waals surface area contributed by atoms with Gasteiger partial charge in [0.15, 0.2) is 0 Å². The molecule has 0 aromatic heterocycles. The van der Waals surface area contributed by atoms with Crippen LogP contribution >= 0.6 is 11.8 Å². The summed E-state index contributed by atoms with van der Waals surface area (Å²) in [6.07, 6.45) is 3.26. The number of rotatable bonds is 7. The van der Waals surface area contributed by atoms with Gasteiger partial charge in [0.2, 0.25) is 11.8 Å². The lowest BCUT2D eigenvalue weighted by Crippen LogP contribution is -2.48. The molecular formula is C10H13N3O4S. The third-order valence-corrected chi connectivity index (χ3v) is 2.35. The Morgan fingerprint density at radius 3 is 2.61 bits per heavy atom. The number of thioether (sulfide) groups is 1. The molecule has 98 valence electrons. The van der Waals surface area contributed by atoms with Gasteiger partial charge in [0, 0.05) is 17.9 Å². The summed E-state index contributed by atoms with van der Waals surface area (Å²) in [5.74, 6) is -2.09. The highest BCUT2D eigenvalue weighted by molar-refractivity contribution is 7.98. The first-order valence-corrected chi connectivity index (χ1v) is 6.25. The van der Waals surface area contributed by atoms with Crippen molar-refractivity contribution in [2.75, 3.05) is 18.6 Å². The van der Waals surface area contributed by atoms with Crippen LogP contribution in [0.5, 0.6) is 0 Å². The maximum absolute atomic E-state index is 11.5. The zero-order chi connectivity index (χ0) is 14.0. The molecule has 2 amide bonds. The Labute approximate surface area is 108 Å². The van der Waals surface area contributed by atoms with E-state index in [1.807, 2.05) is 0 Å². The summed E-state index contributed by atoms with van der Waals surface area (Å²) in [5, 5.41) is 21.3. The van der Waals surface area contributed by atoms with Crippen LogP contribution in [0.3, 0.4) is 0 Å². The first-order valence-electron chi connectivity index (χ1n) is 4.86. The highest BCUT2D eigenvalue weighted by atomic mass is 32.2. The van der Waals surface area contributed by atoms with Gasteiger partial charge in [0.1, 0.15) is 12.6 Å². The fourth-order valence-electron chi connectivity index (χ4n) is 0.966. The topological polar surface area (TPSA) is 119 Å². The van der Waals surface area contributed by atoms with Crippen LogP contribution in [0.15, 0.2) is 12.2 Å². The van der Waals surface area contributed by atoms with Crippen LogP contribution in [-0.4, -0.2) is 47.5 Å². The molecule has 1 atom stereocenters. The Morgan fingerprint density at radius 2 is 2.11 bits per heavy atom. The summed E-state index contributed by atoms with van der Waals surface area (Å²) in [4.78, 5) is 33.0. The van der Waals surface area contributed by atoms with Crippen LogP contribution in [-0.2, 0) is 14.4 Å². The lowest BCUT2D eigenvalue weighted by atomic mass is 10.3. The largest absolute Gasteiger partial charge is 0.478 e. The molecule has 0 radical (unpaired) electrons. The van der Waals surface area contributed by atoms with Crippen LogP contribution in [0.4, 0.5) is 0 Å². The molecule has 0 aliphatic heterocycles. The fraction of sp³-hybridized carbons (Fsp3) is 0.400. The molecule has 7 nitrogen and oxygen atoms in total. The fourth-order valence-corrected chi connectivity index (χ4v) is 1.53. The SMILES string of the molecule is CSCC(NC(=O)C=CC(=O)O)C(=O)NCC#N. The van der Waals surface area contributed by atoms with E-state index in [0.29, 0.717) is 11.8 Å². The minimum absolute atomic E-state index is 0.148. The third-order valence-electron chi connectivity index (χ3n) is 1.69. The molecule has 0 bridgehead atoms. The Balaban J connectivity index is 4.43. The van der Waals surface area contributed by atoms with Crippen molar-refractivity contribution in [1.29, 1.82) is 5.26 Å². The number of hydrogen-bond donors (Lipinski definition) is 3. The van der Waals surface area contributed by atoms with Gasteiger partial charge in [0.25, 0.3) is 0 Å². The van der Waals surface area contributed by atoms with E-state index in [2.05, 4.69) is 10.6 Å². The van der Waals surface area contributed by atoms with Crippen LogP contribution in [0, 0.1) is 11.3 Å². The van der Waals surface area contributed by atoms with Gasteiger partial charge in [-0.25, -0.2) is 4.79 Å². The first kappa shape index (κ1) is 16.0. The normalized spacial score (nSPS) is 11.6. The molecule has 0 saturated carbocycles. The van der Waals surface area contributed by atoms with E-state index in [9.17, 15) is 14.4 Å². The van der Waals surface area contributed by atoms with Gasteiger partial charge in [0.05, 0.1) is 6.07 Å². The second-order valence-corrected chi connectivity index (χ2v) is 3.97. The molecule has 1 unspecified atom stereocenters. The van der Waals surface area contributed by atoms with Gasteiger partial charge in [-0.05, 0) is 6.26 Å². The van der Waals surface area contributed by atoms with Crippen molar-refractivity contribution in [2.24, 2.45) is 0 Å². The van der Waals surface area contributed by atoms with Gasteiger partial charge < -0.3 is 15.7 Å². The molecule has 0 rings (SSSR count). The Hall–Kier alpha value is -2.01. The van der Waals surface area contributed by atoms with Crippen molar-refractivity contribution >= 4 is 29.5 Å². The zero-order valence-corrected chi connectivity index (χ0v) is 10.5. The number of carbonyl (C=O) groups excluding carboxylic acids is 2. The number of carbonyl (C=O) groups is 3. The molecule has 0 heterocycles.